The standard InChI is InChI=1S/C31H46O4/c1-5-6-7-8-9-10-11-12-13-22-33-29-18-14-27(15-19-29)28-16-20-30(21-17-28)34-24-26(4)35-31(32)23-25(2)3/h14-21,25-26H,5-13,22-24H2,1-4H3. The molecule has 2 rings (SSSR count). The molecule has 1 unspecified atom stereocenters. The van der Waals surface area contributed by atoms with Crippen LogP contribution < -0.4 is 9.47 Å². The monoisotopic (exact) mass is 482 g/mol. The van der Waals surface area contributed by atoms with Crippen LogP contribution in [0.25, 0.3) is 11.1 Å². The number of ether oxygens (including phenoxy) is 3. The molecule has 0 radical (unpaired) electrons. The zero-order valence-corrected chi connectivity index (χ0v) is 22.4. The molecule has 4 nitrogen and oxygen atoms in total. The molecule has 0 aliphatic carbocycles. The Morgan fingerprint density at radius 2 is 1.17 bits per heavy atom. The SMILES string of the molecule is CCCCCCCCCCCOc1ccc(-c2ccc(OCC(C)OC(=O)CC(C)C)cc2)cc1. The normalized spacial score (nSPS) is 11.9. The summed E-state index contributed by atoms with van der Waals surface area (Å²) in [6, 6.07) is 16.3. The maximum atomic E-state index is 11.8. The molecule has 0 amide bonds. The first-order valence-corrected chi connectivity index (χ1v) is 13.6. The molecule has 0 aliphatic rings. The summed E-state index contributed by atoms with van der Waals surface area (Å²) in [7, 11) is 0. The Morgan fingerprint density at radius 3 is 1.69 bits per heavy atom. The number of carbonyl (C=O) groups excluding carboxylic acids is 1. The van der Waals surface area contributed by atoms with Gasteiger partial charge in [0, 0.05) is 6.42 Å². The molecule has 0 fully saturated rings. The molecular formula is C31H46O4. The van der Waals surface area contributed by atoms with Gasteiger partial charge < -0.3 is 14.2 Å². The van der Waals surface area contributed by atoms with E-state index < -0.39 is 0 Å². The molecule has 0 aliphatic heterocycles. The van der Waals surface area contributed by atoms with Crippen molar-refractivity contribution in [2.45, 2.75) is 98.0 Å². The van der Waals surface area contributed by atoms with E-state index in [1.54, 1.807) is 0 Å². The first-order chi connectivity index (χ1) is 17.0. The summed E-state index contributed by atoms with van der Waals surface area (Å²) in [4.78, 5) is 11.8. The van der Waals surface area contributed by atoms with Gasteiger partial charge in [0.1, 0.15) is 24.2 Å². The van der Waals surface area contributed by atoms with E-state index in [0.29, 0.717) is 18.9 Å². The maximum Gasteiger partial charge on any atom is 0.306 e. The minimum atomic E-state index is -0.274. The van der Waals surface area contributed by atoms with E-state index in [-0.39, 0.29) is 12.1 Å². The highest BCUT2D eigenvalue weighted by molar-refractivity contribution is 5.69. The van der Waals surface area contributed by atoms with Crippen LogP contribution in [0.3, 0.4) is 0 Å². The molecule has 4 heteroatoms. The molecule has 0 spiro atoms. The Morgan fingerprint density at radius 1 is 0.686 bits per heavy atom. The zero-order valence-electron chi connectivity index (χ0n) is 22.4. The number of hydrogen-bond donors (Lipinski definition) is 0. The van der Waals surface area contributed by atoms with Crippen LogP contribution in [0.1, 0.15) is 91.9 Å². The summed E-state index contributed by atoms with van der Waals surface area (Å²) in [6.45, 7) is 9.25. The van der Waals surface area contributed by atoms with Crippen molar-refractivity contribution < 1.29 is 19.0 Å². The number of unbranched alkanes of at least 4 members (excludes halogenated alkanes) is 8. The van der Waals surface area contributed by atoms with E-state index in [0.717, 1.165) is 35.7 Å². The van der Waals surface area contributed by atoms with Gasteiger partial charge in [-0.2, -0.15) is 0 Å². The van der Waals surface area contributed by atoms with Crippen molar-refractivity contribution in [1.29, 1.82) is 0 Å². The van der Waals surface area contributed by atoms with E-state index in [9.17, 15) is 4.79 Å². The van der Waals surface area contributed by atoms with Gasteiger partial charge in [-0.05, 0) is 54.7 Å². The lowest BCUT2D eigenvalue weighted by Crippen LogP contribution is -2.22. The van der Waals surface area contributed by atoms with Crippen LogP contribution in [-0.2, 0) is 9.53 Å². The van der Waals surface area contributed by atoms with Crippen molar-refractivity contribution in [3.05, 3.63) is 48.5 Å². The largest absolute Gasteiger partial charge is 0.494 e. The third-order valence-corrected chi connectivity index (χ3v) is 5.95. The molecular weight excluding hydrogens is 436 g/mol. The summed E-state index contributed by atoms with van der Waals surface area (Å²) < 4.78 is 17.1. The fourth-order valence-corrected chi connectivity index (χ4v) is 3.94. The van der Waals surface area contributed by atoms with Crippen molar-refractivity contribution in [1.82, 2.24) is 0 Å². The summed E-state index contributed by atoms with van der Waals surface area (Å²) in [5.41, 5.74) is 2.27. The molecule has 0 aromatic heterocycles. The van der Waals surface area contributed by atoms with Crippen LogP contribution in [0.4, 0.5) is 0 Å². The predicted octanol–water partition coefficient (Wildman–Crippen LogP) is 8.62. The molecule has 2 aromatic rings. The van der Waals surface area contributed by atoms with Crippen molar-refractivity contribution in [3.63, 3.8) is 0 Å². The van der Waals surface area contributed by atoms with Gasteiger partial charge in [-0.25, -0.2) is 0 Å². The van der Waals surface area contributed by atoms with Crippen LogP contribution in [0, 0.1) is 5.92 Å². The lowest BCUT2D eigenvalue weighted by molar-refractivity contribution is -0.150. The molecule has 0 saturated heterocycles. The molecule has 1 atom stereocenters. The van der Waals surface area contributed by atoms with Gasteiger partial charge in [-0.3, -0.25) is 4.79 Å². The van der Waals surface area contributed by atoms with Gasteiger partial charge in [-0.15, -0.1) is 0 Å². The lowest BCUT2D eigenvalue weighted by atomic mass is 10.1. The van der Waals surface area contributed by atoms with E-state index in [4.69, 9.17) is 14.2 Å². The molecule has 194 valence electrons. The third kappa shape index (κ3) is 12.7. The second-order valence-corrected chi connectivity index (χ2v) is 9.94. The quantitative estimate of drug-likeness (QED) is 0.158. The first kappa shape index (κ1) is 28.7. The first-order valence-electron chi connectivity index (χ1n) is 13.6. The highest BCUT2D eigenvalue weighted by atomic mass is 16.6. The van der Waals surface area contributed by atoms with Gasteiger partial charge in [-0.1, -0.05) is 96.4 Å². The average molecular weight is 483 g/mol. The highest BCUT2D eigenvalue weighted by Crippen LogP contribution is 2.25. The van der Waals surface area contributed by atoms with Crippen LogP contribution in [0.5, 0.6) is 11.5 Å². The number of esters is 1. The summed E-state index contributed by atoms with van der Waals surface area (Å²) in [5.74, 6) is 1.81. The van der Waals surface area contributed by atoms with Crippen molar-refractivity contribution in [3.8, 4) is 22.6 Å². The predicted molar refractivity (Wildman–Crippen MR) is 145 cm³/mol. The number of rotatable bonds is 18. The second kappa shape index (κ2) is 17.0. The van der Waals surface area contributed by atoms with Crippen LogP contribution >= 0.6 is 0 Å². The van der Waals surface area contributed by atoms with Crippen LogP contribution in [0.2, 0.25) is 0 Å². The molecule has 0 heterocycles. The molecule has 0 saturated carbocycles. The molecule has 0 N–H and O–H groups in total. The van der Waals surface area contributed by atoms with Gasteiger partial charge in [0.05, 0.1) is 6.61 Å². The van der Waals surface area contributed by atoms with Crippen molar-refractivity contribution in [2.24, 2.45) is 5.92 Å². The fraction of sp³-hybridized carbons (Fsp3) is 0.581. The number of hydrogen-bond acceptors (Lipinski definition) is 4. The van der Waals surface area contributed by atoms with Gasteiger partial charge in [0.25, 0.3) is 0 Å². The molecule has 0 bridgehead atoms. The Bertz CT molecular complexity index is 811. The second-order valence-electron chi connectivity index (χ2n) is 9.94. The lowest BCUT2D eigenvalue weighted by Gasteiger charge is -2.15. The summed E-state index contributed by atoms with van der Waals surface area (Å²) in [5, 5.41) is 0. The Balaban J connectivity index is 1.65. The van der Waals surface area contributed by atoms with Crippen LogP contribution in [0.15, 0.2) is 48.5 Å². The fourth-order valence-electron chi connectivity index (χ4n) is 3.94. The topological polar surface area (TPSA) is 44.8 Å². The van der Waals surface area contributed by atoms with E-state index in [1.807, 2.05) is 57.2 Å². The van der Waals surface area contributed by atoms with E-state index in [1.165, 1.54) is 51.4 Å². The Labute approximate surface area is 213 Å². The summed E-state index contributed by atoms with van der Waals surface area (Å²) >= 11 is 0. The van der Waals surface area contributed by atoms with Gasteiger partial charge in [0.2, 0.25) is 0 Å². The smallest absolute Gasteiger partial charge is 0.306 e. The summed E-state index contributed by atoms with van der Waals surface area (Å²) in [6.07, 6.45) is 12.1. The van der Waals surface area contributed by atoms with E-state index in [2.05, 4.69) is 19.1 Å². The van der Waals surface area contributed by atoms with Gasteiger partial charge >= 0.3 is 5.97 Å². The third-order valence-electron chi connectivity index (χ3n) is 5.95. The van der Waals surface area contributed by atoms with Gasteiger partial charge in [0.15, 0.2) is 0 Å². The Kier molecular flexibility index (Phi) is 14.0. The van der Waals surface area contributed by atoms with Crippen molar-refractivity contribution >= 4 is 5.97 Å². The zero-order chi connectivity index (χ0) is 25.3. The number of carbonyl (C=O) groups is 1. The van der Waals surface area contributed by atoms with E-state index >= 15 is 0 Å². The minimum Gasteiger partial charge on any atom is -0.494 e. The molecule has 2 aromatic carbocycles. The minimum absolute atomic E-state index is 0.174. The highest BCUT2D eigenvalue weighted by Gasteiger charge is 2.12. The van der Waals surface area contributed by atoms with Crippen molar-refractivity contribution in [2.75, 3.05) is 13.2 Å². The maximum absolute atomic E-state index is 11.8. The average Bonchev–Trinajstić information content (AvgIpc) is 2.84. The molecule has 35 heavy (non-hydrogen) atoms. The number of benzene rings is 2. The van der Waals surface area contributed by atoms with Crippen LogP contribution in [-0.4, -0.2) is 25.3 Å². The Hall–Kier alpha value is -2.49.